The summed E-state index contributed by atoms with van der Waals surface area (Å²) in [4.78, 5) is 0. The second-order valence-corrected chi connectivity index (χ2v) is 20.9. The smallest absolute Gasteiger partial charge is 0.188 e. The van der Waals surface area contributed by atoms with Gasteiger partial charge >= 0.3 is 0 Å². The van der Waals surface area contributed by atoms with Gasteiger partial charge in [0.25, 0.3) is 0 Å². The van der Waals surface area contributed by atoms with Crippen LogP contribution in [0.5, 0.6) is 0 Å². The standard InChI is InChI=1S/C17H40OSSi2/c1-10-14-16(19-21(11-2,12-3)13-4)18-20(8,9)15-17(5,6)7/h16H,10-15H2,1-9H3. The van der Waals surface area contributed by atoms with Crippen molar-refractivity contribution >= 4 is 26.8 Å². The van der Waals surface area contributed by atoms with E-state index in [1.165, 1.54) is 37.0 Å². The van der Waals surface area contributed by atoms with Gasteiger partial charge in [0.15, 0.2) is 8.32 Å². The largest absolute Gasteiger partial charge is 0.406 e. The van der Waals surface area contributed by atoms with E-state index in [4.69, 9.17) is 4.43 Å². The van der Waals surface area contributed by atoms with Gasteiger partial charge in [-0.05, 0) is 31.0 Å². The summed E-state index contributed by atoms with van der Waals surface area (Å²) in [7, 11) is -2.74. The molecule has 0 rings (SSSR count). The second kappa shape index (κ2) is 9.14. The van der Waals surface area contributed by atoms with Gasteiger partial charge in [-0.3, -0.25) is 0 Å². The van der Waals surface area contributed by atoms with Crippen LogP contribution < -0.4 is 0 Å². The molecule has 0 aliphatic rings. The van der Waals surface area contributed by atoms with E-state index < -0.39 is 15.5 Å². The molecule has 1 atom stereocenters. The molecular formula is C17H40OSSi2. The molecular weight excluding hydrogens is 308 g/mol. The summed E-state index contributed by atoms with van der Waals surface area (Å²) in [6.45, 7) is 21.3. The highest BCUT2D eigenvalue weighted by Gasteiger charge is 2.36. The first kappa shape index (κ1) is 21.7. The average molecular weight is 349 g/mol. The Morgan fingerprint density at radius 1 is 0.952 bits per heavy atom. The van der Waals surface area contributed by atoms with E-state index >= 15 is 0 Å². The van der Waals surface area contributed by atoms with Crippen molar-refractivity contribution in [3.63, 3.8) is 0 Å². The maximum Gasteiger partial charge on any atom is 0.188 e. The predicted octanol–water partition coefficient (Wildman–Crippen LogP) is 7.12. The summed E-state index contributed by atoms with van der Waals surface area (Å²) in [5.74, 6) is 0. The molecule has 0 fully saturated rings. The summed E-state index contributed by atoms with van der Waals surface area (Å²) in [5.41, 5.74) is 0.830. The number of hydrogen-bond acceptors (Lipinski definition) is 2. The SMILES string of the molecule is CCCC(O[Si](C)(C)CC(C)(C)C)S[Si](CC)(CC)CC. The lowest BCUT2D eigenvalue weighted by atomic mass is 10.0. The van der Waals surface area contributed by atoms with Crippen molar-refractivity contribution in [2.45, 2.75) is 104 Å². The third-order valence-corrected chi connectivity index (χ3v) is 17.1. The molecule has 0 aliphatic heterocycles. The van der Waals surface area contributed by atoms with Crippen LogP contribution in [0.4, 0.5) is 0 Å². The molecule has 0 saturated heterocycles. The maximum atomic E-state index is 6.75. The molecule has 128 valence electrons. The summed E-state index contributed by atoms with van der Waals surface area (Å²) < 4.78 is 6.75. The van der Waals surface area contributed by atoms with E-state index in [0.717, 1.165) is 0 Å². The predicted molar refractivity (Wildman–Crippen MR) is 106 cm³/mol. The van der Waals surface area contributed by atoms with Crippen LogP contribution in [0.15, 0.2) is 0 Å². The molecule has 0 aromatic heterocycles. The van der Waals surface area contributed by atoms with Gasteiger partial charge in [0, 0.05) is 0 Å². The summed E-state index contributed by atoms with van der Waals surface area (Å²) in [6.07, 6.45) is 2.46. The Morgan fingerprint density at radius 3 is 1.76 bits per heavy atom. The van der Waals surface area contributed by atoms with Gasteiger partial charge in [0.1, 0.15) is 7.22 Å². The molecule has 0 saturated carbocycles. The van der Waals surface area contributed by atoms with Crippen molar-refractivity contribution in [3.05, 3.63) is 0 Å². The topological polar surface area (TPSA) is 9.23 Å². The fraction of sp³-hybridized carbons (Fsp3) is 1.00. The minimum Gasteiger partial charge on any atom is -0.406 e. The molecule has 21 heavy (non-hydrogen) atoms. The molecule has 4 heteroatoms. The second-order valence-electron chi connectivity index (χ2n) is 8.19. The Labute approximate surface area is 140 Å². The van der Waals surface area contributed by atoms with Crippen LogP contribution in [0.3, 0.4) is 0 Å². The Bertz CT molecular complexity index is 275. The fourth-order valence-corrected chi connectivity index (χ4v) is 14.6. The van der Waals surface area contributed by atoms with Gasteiger partial charge in [0.05, 0.1) is 5.44 Å². The van der Waals surface area contributed by atoms with Crippen molar-refractivity contribution in [1.82, 2.24) is 0 Å². The van der Waals surface area contributed by atoms with Crippen LogP contribution in [0.1, 0.15) is 61.3 Å². The molecule has 0 heterocycles. The Hall–Kier alpha value is 0.744. The minimum atomic E-state index is -1.58. The molecule has 0 spiro atoms. The molecule has 0 bridgehead atoms. The lowest BCUT2D eigenvalue weighted by Gasteiger charge is -2.38. The molecule has 0 aromatic rings. The Balaban J connectivity index is 4.90. The van der Waals surface area contributed by atoms with E-state index in [0.29, 0.717) is 10.9 Å². The highest BCUT2D eigenvalue weighted by Crippen LogP contribution is 2.40. The van der Waals surface area contributed by atoms with Crippen molar-refractivity contribution in [2.24, 2.45) is 5.41 Å². The Morgan fingerprint density at radius 2 is 1.43 bits per heavy atom. The maximum absolute atomic E-state index is 6.75. The highest BCUT2D eigenvalue weighted by atomic mass is 32.4. The zero-order valence-electron chi connectivity index (χ0n) is 16.1. The van der Waals surface area contributed by atoms with Crippen LogP contribution in [-0.4, -0.2) is 21.0 Å². The number of hydrogen-bond donors (Lipinski definition) is 0. The van der Waals surface area contributed by atoms with E-state index in [-0.39, 0.29) is 0 Å². The average Bonchev–Trinajstić information content (AvgIpc) is 2.32. The first-order valence-corrected chi connectivity index (χ1v) is 16.2. The summed E-state index contributed by atoms with van der Waals surface area (Å²) >= 11 is 2.27. The first-order chi connectivity index (χ1) is 9.53. The van der Waals surface area contributed by atoms with E-state index in [1.807, 2.05) is 0 Å². The van der Waals surface area contributed by atoms with Crippen molar-refractivity contribution in [2.75, 3.05) is 0 Å². The Kier molecular flexibility index (Phi) is 9.46. The molecule has 1 unspecified atom stereocenters. The normalized spacial score (nSPS) is 15.3. The monoisotopic (exact) mass is 348 g/mol. The fourth-order valence-electron chi connectivity index (χ4n) is 3.33. The van der Waals surface area contributed by atoms with Crippen LogP contribution in [-0.2, 0) is 4.43 Å². The van der Waals surface area contributed by atoms with Crippen LogP contribution in [0, 0.1) is 5.41 Å². The van der Waals surface area contributed by atoms with E-state index in [2.05, 4.69) is 72.8 Å². The quantitative estimate of drug-likeness (QED) is 0.307. The zero-order chi connectivity index (χ0) is 16.7. The third kappa shape index (κ3) is 8.82. The molecule has 0 aliphatic carbocycles. The van der Waals surface area contributed by atoms with Gasteiger partial charge in [-0.1, -0.05) is 73.0 Å². The van der Waals surface area contributed by atoms with Gasteiger partial charge in [-0.2, -0.15) is 11.2 Å². The van der Waals surface area contributed by atoms with Crippen LogP contribution >= 0.6 is 11.2 Å². The van der Waals surface area contributed by atoms with Crippen LogP contribution in [0.2, 0.25) is 37.3 Å². The van der Waals surface area contributed by atoms with Crippen molar-refractivity contribution < 1.29 is 4.43 Å². The molecule has 1 nitrogen and oxygen atoms in total. The van der Waals surface area contributed by atoms with E-state index in [1.54, 1.807) is 0 Å². The molecule has 0 N–H and O–H groups in total. The van der Waals surface area contributed by atoms with Crippen molar-refractivity contribution in [3.8, 4) is 0 Å². The molecule has 0 aromatic carbocycles. The first-order valence-electron chi connectivity index (χ1n) is 8.88. The van der Waals surface area contributed by atoms with Gasteiger partial charge in [-0.25, -0.2) is 0 Å². The zero-order valence-corrected chi connectivity index (χ0v) is 19.0. The summed E-state index contributed by atoms with van der Waals surface area (Å²) in [5, 5.41) is 0. The van der Waals surface area contributed by atoms with Gasteiger partial charge in [0.2, 0.25) is 0 Å². The van der Waals surface area contributed by atoms with Gasteiger partial charge < -0.3 is 4.43 Å². The lowest BCUT2D eigenvalue weighted by molar-refractivity contribution is 0.256. The van der Waals surface area contributed by atoms with E-state index in [9.17, 15) is 0 Å². The van der Waals surface area contributed by atoms with Gasteiger partial charge in [-0.15, -0.1) is 0 Å². The lowest BCUT2D eigenvalue weighted by Crippen LogP contribution is -2.40. The molecule has 0 amide bonds. The third-order valence-electron chi connectivity index (χ3n) is 4.25. The summed E-state index contributed by atoms with van der Waals surface area (Å²) in [6, 6.07) is 5.40. The van der Waals surface area contributed by atoms with Crippen molar-refractivity contribution in [1.29, 1.82) is 0 Å². The number of rotatable bonds is 10. The van der Waals surface area contributed by atoms with Crippen LogP contribution in [0.25, 0.3) is 0 Å². The highest BCUT2D eigenvalue weighted by molar-refractivity contribution is 8.29. The minimum absolute atomic E-state index is 0.381. The molecule has 0 radical (unpaired) electrons.